The predicted molar refractivity (Wildman–Crippen MR) is 122 cm³/mol. The average Bonchev–Trinajstić information content (AvgIpc) is 3.11. The number of hydrogen-bond acceptors (Lipinski definition) is 4. The van der Waals surface area contributed by atoms with E-state index in [1.165, 1.54) is 35.6 Å². The minimum absolute atomic E-state index is 0.249. The van der Waals surface area contributed by atoms with Crippen molar-refractivity contribution in [1.29, 1.82) is 0 Å². The second-order valence-corrected chi connectivity index (χ2v) is 8.87. The predicted octanol–water partition coefficient (Wildman–Crippen LogP) is 5.84. The minimum atomic E-state index is -4.37. The summed E-state index contributed by atoms with van der Waals surface area (Å²) in [5.74, 6) is -0.644. The number of aromatic nitrogens is 1. The third-order valence-corrected chi connectivity index (χ3v) is 6.39. The number of anilines is 1. The van der Waals surface area contributed by atoms with Crippen molar-refractivity contribution in [1.82, 2.24) is 10.3 Å². The normalized spacial score (nSPS) is 12.5. The molecule has 0 aliphatic rings. The van der Waals surface area contributed by atoms with Gasteiger partial charge < -0.3 is 10.2 Å². The van der Waals surface area contributed by atoms with E-state index >= 15 is 0 Å². The summed E-state index contributed by atoms with van der Waals surface area (Å²) in [6.07, 6.45) is -3.24. The first-order valence-corrected chi connectivity index (χ1v) is 11.3. The van der Waals surface area contributed by atoms with Crippen molar-refractivity contribution in [2.24, 2.45) is 0 Å². The van der Waals surface area contributed by atoms with Gasteiger partial charge in [-0.2, -0.15) is 13.2 Å². The van der Waals surface area contributed by atoms with Gasteiger partial charge in [-0.25, -0.2) is 9.37 Å². The third kappa shape index (κ3) is 6.10. The number of amides is 1. The smallest absolute Gasteiger partial charge is 0.357 e. The van der Waals surface area contributed by atoms with Gasteiger partial charge >= 0.3 is 6.18 Å². The molecule has 1 amide bonds. The average molecular weight is 480 g/mol. The Kier molecular flexibility index (Phi) is 7.73. The monoisotopic (exact) mass is 479 g/mol. The molecule has 2 aromatic carbocycles. The number of carbonyl (C=O) groups is 1. The van der Waals surface area contributed by atoms with Crippen LogP contribution in [-0.2, 0) is 17.4 Å². The summed E-state index contributed by atoms with van der Waals surface area (Å²) in [5.41, 5.74) is 1.51. The highest BCUT2D eigenvalue weighted by atomic mass is 32.1. The number of thiazole rings is 1. The van der Waals surface area contributed by atoms with Gasteiger partial charge in [0.2, 0.25) is 5.91 Å². The molecule has 4 nitrogen and oxygen atoms in total. The van der Waals surface area contributed by atoms with Crippen molar-refractivity contribution in [2.45, 2.75) is 38.9 Å². The Bertz CT molecular complexity index is 1080. The lowest BCUT2D eigenvalue weighted by Crippen LogP contribution is -2.40. The molecule has 0 aliphatic heterocycles. The van der Waals surface area contributed by atoms with Crippen LogP contribution < -0.4 is 10.2 Å². The number of alkyl halides is 3. The Morgan fingerprint density at radius 3 is 2.24 bits per heavy atom. The van der Waals surface area contributed by atoms with Crippen LogP contribution in [0.15, 0.2) is 48.5 Å². The van der Waals surface area contributed by atoms with Crippen LogP contribution in [-0.4, -0.2) is 24.5 Å². The Morgan fingerprint density at radius 1 is 1.09 bits per heavy atom. The molecule has 3 rings (SSSR count). The molecule has 33 heavy (non-hydrogen) atoms. The van der Waals surface area contributed by atoms with Gasteiger partial charge in [0.25, 0.3) is 0 Å². The van der Waals surface area contributed by atoms with Gasteiger partial charge in [0, 0.05) is 13.6 Å². The summed E-state index contributed by atoms with van der Waals surface area (Å²) < 4.78 is 52.0. The van der Waals surface area contributed by atoms with E-state index in [-0.39, 0.29) is 5.91 Å². The topological polar surface area (TPSA) is 45.2 Å². The zero-order valence-electron chi connectivity index (χ0n) is 18.5. The van der Waals surface area contributed by atoms with E-state index in [4.69, 9.17) is 0 Å². The molecule has 1 atom stereocenters. The van der Waals surface area contributed by atoms with Crippen molar-refractivity contribution in [3.05, 3.63) is 81.7 Å². The molecule has 1 heterocycles. The van der Waals surface area contributed by atoms with Gasteiger partial charge in [-0.15, -0.1) is 11.3 Å². The lowest BCUT2D eigenvalue weighted by Gasteiger charge is -2.32. The van der Waals surface area contributed by atoms with Crippen LogP contribution in [0.2, 0.25) is 0 Å². The minimum Gasteiger partial charge on any atom is -0.357 e. The summed E-state index contributed by atoms with van der Waals surface area (Å²) in [4.78, 5) is 19.4. The van der Waals surface area contributed by atoms with E-state index < -0.39 is 23.6 Å². The Morgan fingerprint density at radius 2 is 1.73 bits per heavy atom. The molecular formula is C24H25F4N3OS. The molecule has 0 aliphatic carbocycles. The number of rotatable bonds is 8. The van der Waals surface area contributed by atoms with Crippen LogP contribution in [0.3, 0.4) is 0 Å². The van der Waals surface area contributed by atoms with Crippen LogP contribution in [0, 0.1) is 19.7 Å². The number of benzene rings is 2. The van der Waals surface area contributed by atoms with Gasteiger partial charge in [0.05, 0.1) is 16.3 Å². The van der Waals surface area contributed by atoms with Crippen LogP contribution >= 0.6 is 11.3 Å². The Balaban J connectivity index is 1.87. The maximum Gasteiger partial charge on any atom is 0.416 e. The van der Waals surface area contributed by atoms with E-state index in [1.54, 1.807) is 19.2 Å². The molecule has 0 bridgehead atoms. The zero-order chi connectivity index (χ0) is 24.2. The molecular weight excluding hydrogens is 454 g/mol. The SMILES string of the molecule is CNC(=O)[C@@H](c1ccc(F)cc1)N(CCCc1ccc(C(F)(F)F)cc1)c1sc(C)nc1C. The summed E-state index contributed by atoms with van der Waals surface area (Å²) in [7, 11) is 1.55. The fraction of sp³-hybridized carbons (Fsp3) is 0.333. The maximum absolute atomic E-state index is 13.5. The van der Waals surface area contributed by atoms with Gasteiger partial charge in [-0.1, -0.05) is 24.3 Å². The third-order valence-electron chi connectivity index (χ3n) is 5.28. The van der Waals surface area contributed by atoms with E-state index in [1.807, 2.05) is 18.7 Å². The van der Waals surface area contributed by atoms with Crippen LogP contribution in [0.4, 0.5) is 22.6 Å². The van der Waals surface area contributed by atoms with Crippen LogP contribution in [0.1, 0.15) is 39.9 Å². The molecule has 0 unspecified atom stereocenters. The Labute approximate surface area is 194 Å². The molecule has 1 aromatic heterocycles. The summed E-state index contributed by atoms with van der Waals surface area (Å²) in [6.45, 7) is 4.21. The van der Waals surface area contributed by atoms with E-state index in [9.17, 15) is 22.4 Å². The van der Waals surface area contributed by atoms with E-state index in [0.717, 1.165) is 33.4 Å². The van der Waals surface area contributed by atoms with Crippen molar-refractivity contribution in [2.75, 3.05) is 18.5 Å². The quantitative estimate of drug-likeness (QED) is 0.413. The molecule has 0 fully saturated rings. The van der Waals surface area contributed by atoms with Crippen LogP contribution in [0.25, 0.3) is 0 Å². The summed E-state index contributed by atoms with van der Waals surface area (Å²) in [6, 6.07) is 10.2. The lowest BCUT2D eigenvalue weighted by atomic mass is 10.0. The molecule has 1 N–H and O–H groups in total. The van der Waals surface area contributed by atoms with E-state index in [2.05, 4.69) is 10.3 Å². The van der Waals surface area contributed by atoms with Crippen molar-refractivity contribution < 1.29 is 22.4 Å². The highest BCUT2D eigenvalue weighted by Crippen LogP contribution is 2.35. The highest BCUT2D eigenvalue weighted by molar-refractivity contribution is 7.15. The molecule has 0 radical (unpaired) electrons. The van der Waals surface area contributed by atoms with Crippen molar-refractivity contribution >= 4 is 22.2 Å². The molecule has 0 spiro atoms. The fourth-order valence-electron chi connectivity index (χ4n) is 3.70. The second kappa shape index (κ2) is 10.3. The molecule has 3 aromatic rings. The first kappa shape index (κ1) is 24.7. The number of nitrogens with zero attached hydrogens (tertiary/aromatic N) is 2. The van der Waals surface area contributed by atoms with Gasteiger partial charge in [-0.3, -0.25) is 4.79 Å². The lowest BCUT2D eigenvalue weighted by molar-refractivity contribution is -0.137. The summed E-state index contributed by atoms with van der Waals surface area (Å²) >= 11 is 1.46. The number of carbonyl (C=O) groups excluding carboxylic acids is 1. The number of hydrogen-bond donors (Lipinski definition) is 1. The van der Waals surface area contributed by atoms with E-state index in [0.29, 0.717) is 24.9 Å². The number of nitrogens with one attached hydrogen (secondary N) is 1. The molecule has 176 valence electrons. The zero-order valence-corrected chi connectivity index (χ0v) is 19.4. The molecule has 0 saturated heterocycles. The Hall–Kier alpha value is -2.94. The number of aryl methyl sites for hydroxylation is 3. The fourth-order valence-corrected chi connectivity index (χ4v) is 4.67. The van der Waals surface area contributed by atoms with Gasteiger partial charge in [-0.05, 0) is 62.1 Å². The number of likely N-dealkylation sites (N-methyl/N-ethyl adjacent to an activating group) is 1. The van der Waals surface area contributed by atoms with Crippen LogP contribution in [0.5, 0.6) is 0 Å². The first-order valence-electron chi connectivity index (χ1n) is 10.4. The molecule has 0 saturated carbocycles. The largest absolute Gasteiger partial charge is 0.416 e. The maximum atomic E-state index is 13.5. The summed E-state index contributed by atoms with van der Waals surface area (Å²) in [5, 5.41) is 4.37. The molecule has 9 heteroatoms. The van der Waals surface area contributed by atoms with Crippen molar-refractivity contribution in [3.63, 3.8) is 0 Å². The first-order chi connectivity index (χ1) is 15.6. The highest BCUT2D eigenvalue weighted by Gasteiger charge is 2.31. The standard InChI is InChI=1S/C24H25F4N3OS/c1-15-23(33-16(2)30-15)31(21(22(32)29-3)18-8-12-20(25)13-9-18)14-4-5-17-6-10-19(11-7-17)24(26,27)28/h6-13,21H,4-5,14H2,1-3H3,(H,29,32)/t21-/m1/s1. The van der Waals surface area contributed by atoms with Crippen molar-refractivity contribution in [3.8, 4) is 0 Å². The number of halogens is 4. The second-order valence-electron chi connectivity index (χ2n) is 7.68. The van der Waals surface area contributed by atoms with Gasteiger partial charge in [0.1, 0.15) is 16.9 Å². The van der Waals surface area contributed by atoms with Gasteiger partial charge in [0.15, 0.2) is 0 Å².